The van der Waals surface area contributed by atoms with Crippen LogP contribution in [0.5, 0.6) is 0 Å². The second-order valence-corrected chi connectivity index (χ2v) is 4.66. The minimum Gasteiger partial charge on any atom is -0.399 e. The third-order valence-corrected chi connectivity index (χ3v) is 3.22. The average Bonchev–Trinajstić information content (AvgIpc) is 2.33. The van der Waals surface area contributed by atoms with Gasteiger partial charge >= 0.3 is 0 Å². The van der Waals surface area contributed by atoms with Crippen LogP contribution in [0.4, 0.5) is 5.69 Å². The lowest BCUT2D eigenvalue weighted by Gasteiger charge is -2.28. The Hall–Kier alpha value is -1.09. The summed E-state index contributed by atoms with van der Waals surface area (Å²) in [7, 11) is 0. The molecule has 96 valence electrons. The SMILES string of the molecule is CCCCN(Cc1cc(N)ccn1)C(C)CC. The maximum atomic E-state index is 5.78. The van der Waals surface area contributed by atoms with Gasteiger partial charge < -0.3 is 5.73 Å². The van der Waals surface area contributed by atoms with E-state index in [1.165, 1.54) is 19.3 Å². The van der Waals surface area contributed by atoms with Crippen LogP contribution in [0, 0.1) is 0 Å². The van der Waals surface area contributed by atoms with Gasteiger partial charge in [0.25, 0.3) is 0 Å². The van der Waals surface area contributed by atoms with Crippen LogP contribution < -0.4 is 5.73 Å². The first kappa shape index (κ1) is 14.0. The highest BCUT2D eigenvalue weighted by Crippen LogP contribution is 2.12. The lowest BCUT2D eigenvalue weighted by Crippen LogP contribution is -2.33. The molecule has 1 unspecified atom stereocenters. The normalized spacial score (nSPS) is 12.9. The Bertz CT molecular complexity index is 325. The zero-order valence-electron chi connectivity index (χ0n) is 11.3. The van der Waals surface area contributed by atoms with E-state index in [-0.39, 0.29) is 0 Å². The van der Waals surface area contributed by atoms with Crippen molar-refractivity contribution in [2.24, 2.45) is 0 Å². The molecule has 0 aliphatic carbocycles. The molecule has 0 bridgehead atoms. The van der Waals surface area contributed by atoms with Gasteiger partial charge in [-0.1, -0.05) is 20.3 Å². The van der Waals surface area contributed by atoms with Crippen LogP contribution in [0.3, 0.4) is 0 Å². The fourth-order valence-corrected chi connectivity index (χ4v) is 1.87. The molecule has 0 aliphatic rings. The zero-order valence-corrected chi connectivity index (χ0v) is 11.3. The predicted molar refractivity (Wildman–Crippen MR) is 73.7 cm³/mol. The Morgan fingerprint density at radius 3 is 2.76 bits per heavy atom. The molecule has 0 saturated carbocycles. The third kappa shape index (κ3) is 4.73. The van der Waals surface area contributed by atoms with Gasteiger partial charge in [0.1, 0.15) is 0 Å². The minimum absolute atomic E-state index is 0.602. The van der Waals surface area contributed by atoms with E-state index in [0.29, 0.717) is 6.04 Å². The van der Waals surface area contributed by atoms with E-state index in [1.54, 1.807) is 6.20 Å². The van der Waals surface area contributed by atoms with Crippen molar-refractivity contribution in [3.8, 4) is 0 Å². The summed E-state index contributed by atoms with van der Waals surface area (Å²) in [6.45, 7) is 8.79. The summed E-state index contributed by atoms with van der Waals surface area (Å²) in [5.41, 5.74) is 7.66. The van der Waals surface area contributed by atoms with E-state index in [0.717, 1.165) is 24.5 Å². The summed E-state index contributed by atoms with van der Waals surface area (Å²) in [5.74, 6) is 0. The molecule has 0 amide bonds. The molecule has 0 aromatic carbocycles. The quantitative estimate of drug-likeness (QED) is 0.789. The topological polar surface area (TPSA) is 42.1 Å². The van der Waals surface area contributed by atoms with Gasteiger partial charge in [-0.05, 0) is 38.4 Å². The number of hydrogen-bond donors (Lipinski definition) is 1. The number of hydrogen-bond acceptors (Lipinski definition) is 3. The second-order valence-electron chi connectivity index (χ2n) is 4.66. The molecule has 0 radical (unpaired) electrons. The fraction of sp³-hybridized carbons (Fsp3) is 0.643. The van der Waals surface area contributed by atoms with Crippen LogP contribution in [-0.2, 0) is 6.54 Å². The van der Waals surface area contributed by atoms with Crippen LogP contribution in [0.25, 0.3) is 0 Å². The summed E-state index contributed by atoms with van der Waals surface area (Å²) < 4.78 is 0. The van der Waals surface area contributed by atoms with Gasteiger partial charge in [-0.15, -0.1) is 0 Å². The molecule has 0 aliphatic heterocycles. The number of nitrogens with two attached hydrogens (primary N) is 1. The minimum atomic E-state index is 0.602. The number of nitrogens with zero attached hydrogens (tertiary/aromatic N) is 2. The Morgan fingerprint density at radius 1 is 1.41 bits per heavy atom. The molecule has 1 atom stereocenters. The van der Waals surface area contributed by atoms with E-state index in [9.17, 15) is 0 Å². The Morgan fingerprint density at radius 2 is 2.18 bits per heavy atom. The van der Waals surface area contributed by atoms with Gasteiger partial charge in [0, 0.05) is 24.5 Å². The first-order valence-corrected chi connectivity index (χ1v) is 6.61. The van der Waals surface area contributed by atoms with Crippen molar-refractivity contribution in [1.82, 2.24) is 9.88 Å². The highest BCUT2D eigenvalue weighted by atomic mass is 15.2. The average molecular weight is 235 g/mol. The number of nitrogen functional groups attached to an aromatic ring is 1. The first-order chi connectivity index (χ1) is 8.17. The number of aromatic nitrogens is 1. The van der Waals surface area contributed by atoms with E-state index in [4.69, 9.17) is 5.73 Å². The van der Waals surface area contributed by atoms with Crippen LogP contribution in [-0.4, -0.2) is 22.5 Å². The monoisotopic (exact) mass is 235 g/mol. The smallest absolute Gasteiger partial charge is 0.0564 e. The molecule has 0 fully saturated rings. The summed E-state index contributed by atoms with van der Waals surface area (Å²) in [6.07, 6.45) is 5.44. The van der Waals surface area contributed by atoms with Crippen molar-refractivity contribution in [3.63, 3.8) is 0 Å². The first-order valence-electron chi connectivity index (χ1n) is 6.61. The molecule has 1 rings (SSSR count). The second kappa shape index (κ2) is 7.28. The third-order valence-electron chi connectivity index (χ3n) is 3.22. The molecule has 1 aromatic rings. The summed E-state index contributed by atoms with van der Waals surface area (Å²) >= 11 is 0. The molecule has 3 nitrogen and oxygen atoms in total. The van der Waals surface area contributed by atoms with Crippen molar-refractivity contribution in [1.29, 1.82) is 0 Å². The van der Waals surface area contributed by atoms with Crippen LogP contribution >= 0.6 is 0 Å². The summed E-state index contributed by atoms with van der Waals surface area (Å²) in [6, 6.07) is 4.41. The van der Waals surface area contributed by atoms with E-state index in [2.05, 4.69) is 30.7 Å². The summed E-state index contributed by atoms with van der Waals surface area (Å²) in [5, 5.41) is 0. The number of pyridine rings is 1. The van der Waals surface area contributed by atoms with Crippen LogP contribution in [0.2, 0.25) is 0 Å². The number of rotatable bonds is 7. The van der Waals surface area contributed by atoms with Gasteiger partial charge in [-0.3, -0.25) is 9.88 Å². The maximum absolute atomic E-state index is 5.78. The molecule has 2 N–H and O–H groups in total. The van der Waals surface area contributed by atoms with Gasteiger partial charge in [0.05, 0.1) is 5.69 Å². The van der Waals surface area contributed by atoms with E-state index < -0.39 is 0 Å². The molecular formula is C14H25N3. The largest absolute Gasteiger partial charge is 0.399 e. The highest BCUT2D eigenvalue weighted by Gasteiger charge is 2.12. The van der Waals surface area contributed by atoms with Crippen molar-refractivity contribution in [2.75, 3.05) is 12.3 Å². The number of anilines is 1. The Kier molecular flexibility index (Phi) is 5.98. The van der Waals surface area contributed by atoms with Gasteiger partial charge in [-0.2, -0.15) is 0 Å². The molecule has 17 heavy (non-hydrogen) atoms. The van der Waals surface area contributed by atoms with Crippen molar-refractivity contribution in [3.05, 3.63) is 24.0 Å². The lowest BCUT2D eigenvalue weighted by molar-refractivity contribution is 0.190. The molecule has 1 aromatic heterocycles. The Balaban J connectivity index is 2.64. The van der Waals surface area contributed by atoms with Crippen molar-refractivity contribution >= 4 is 5.69 Å². The number of unbranched alkanes of at least 4 members (excludes halogenated alkanes) is 1. The fourth-order valence-electron chi connectivity index (χ4n) is 1.87. The molecular weight excluding hydrogens is 210 g/mol. The van der Waals surface area contributed by atoms with E-state index in [1.807, 2.05) is 12.1 Å². The van der Waals surface area contributed by atoms with Crippen molar-refractivity contribution in [2.45, 2.75) is 52.6 Å². The van der Waals surface area contributed by atoms with E-state index >= 15 is 0 Å². The van der Waals surface area contributed by atoms with Gasteiger partial charge in [0.2, 0.25) is 0 Å². The van der Waals surface area contributed by atoms with Gasteiger partial charge in [-0.25, -0.2) is 0 Å². The molecule has 0 saturated heterocycles. The highest BCUT2D eigenvalue weighted by molar-refractivity contribution is 5.37. The molecule has 1 heterocycles. The lowest BCUT2D eigenvalue weighted by atomic mass is 10.2. The molecule has 3 heteroatoms. The Labute approximate surface area is 105 Å². The predicted octanol–water partition coefficient (Wildman–Crippen LogP) is 3.06. The van der Waals surface area contributed by atoms with Crippen LogP contribution in [0.1, 0.15) is 45.7 Å². The zero-order chi connectivity index (χ0) is 12.7. The van der Waals surface area contributed by atoms with Crippen molar-refractivity contribution < 1.29 is 0 Å². The summed E-state index contributed by atoms with van der Waals surface area (Å²) in [4.78, 5) is 6.87. The molecule has 0 spiro atoms. The maximum Gasteiger partial charge on any atom is 0.0564 e. The standard InChI is InChI=1S/C14H25N3/c1-4-6-9-17(12(3)5-2)11-14-10-13(15)7-8-16-14/h7-8,10,12H,4-6,9,11H2,1-3H3,(H2,15,16). The van der Waals surface area contributed by atoms with Crippen LogP contribution in [0.15, 0.2) is 18.3 Å². The van der Waals surface area contributed by atoms with Gasteiger partial charge in [0.15, 0.2) is 0 Å².